The van der Waals surface area contributed by atoms with E-state index < -0.39 is 11.9 Å². The van der Waals surface area contributed by atoms with Crippen LogP contribution in [0, 0.1) is 0 Å². The number of hydrogen-bond donors (Lipinski definition) is 0. The summed E-state index contributed by atoms with van der Waals surface area (Å²) in [6.07, 6.45) is 3.38. The number of esters is 2. The molecule has 0 radical (unpaired) electrons. The maximum Gasteiger partial charge on any atom is 0.339 e. The standard InChI is InChI=1S/C24H28O4/c1-3-5-17-27-23(25)21(19-13-9-7-10-14-19)22(20-15-11-8-12-16-20)24(26)28-18-6-4-2/h7-16H,3-6,17-18H2,1-2H3/b22-21-. The van der Waals surface area contributed by atoms with Crippen LogP contribution in [-0.4, -0.2) is 25.2 Å². The lowest BCUT2D eigenvalue weighted by Gasteiger charge is -2.15. The van der Waals surface area contributed by atoms with Gasteiger partial charge in [0.15, 0.2) is 0 Å². The summed E-state index contributed by atoms with van der Waals surface area (Å²) in [7, 11) is 0. The molecule has 0 N–H and O–H groups in total. The third-order valence-corrected chi connectivity index (χ3v) is 4.25. The van der Waals surface area contributed by atoms with E-state index >= 15 is 0 Å². The first kappa shape index (κ1) is 21.4. The Morgan fingerprint density at radius 3 is 1.32 bits per heavy atom. The van der Waals surface area contributed by atoms with Crippen molar-refractivity contribution in [1.29, 1.82) is 0 Å². The molecule has 0 aliphatic rings. The van der Waals surface area contributed by atoms with Crippen LogP contribution in [0.2, 0.25) is 0 Å². The molecule has 0 unspecified atom stereocenters. The second-order valence-corrected chi connectivity index (χ2v) is 6.46. The fourth-order valence-electron chi connectivity index (χ4n) is 2.70. The Hall–Kier alpha value is -2.88. The van der Waals surface area contributed by atoms with Crippen molar-refractivity contribution in [3.8, 4) is 0 Å². The Kier molecular flexibility index (Phi) is 8.99. The fraction of sp³-hybridized carbons (Fsp3) is 0.333. The van der Waals surface area contributed by atoms with Crippen LogP contribution in [0.5, 0.6) is 0 Å². The molecule has 0 heterocycles. The van der Waals surface area contributed by atoms with Crippen molar-refractivity contribution in [2.75, 3.05) is 13.2 Å². The highest BCUT2D eigenvalue weighted by molar-refractivity contribution is 6.37. The van der Waals surface area contributed by atoms with E-state index in [1.165, 1.54) is 0 Å². The highest BCUT2D eigenvalue weighted by Crippen LogP contribution is 2.29. The third-order valence-electron chi connectivity index (χ3n) is 4.25. The molecular weight excluding hydrogens is 352 g/mol. The highest BCUT2D eigenvalue weighted by Gasteiger charge is 2.26. The second kappa shape index (κ2) is 11.8. The van der Waals surface area contributed by atoms with Gasteiger partial charge in [-0.15, -0.1) is 0 Å². The van der Waals surface area contributed by atoms with Crippen LogP contribution in [0.25, 0.3) is 11.1 Å². The molecule has 0 bridgehead atoms. The van der Waals surface area contributed by atoms with E-state index in [1.807, 2.05) is 50.2 Å². The van der Waals surface area contributed by atoms with Gasteiger partial charge in [-0.25, -0.2) is 9.59 Å². The number of benzene rings is 2. The van der Waals surface area contributed by atoms with Gasteiger partial charge in [-0.3, -0.25) is 0 Å². The molecule has 0 fully saturated rings. The van der Waals surface area contributed by atoms with Crippen molar-refractivity contribution in [3.63, 3.8) is 0 Å². The number of unbranched alkanes of at least 4 members (excludes halogenated alkanes) is 2. The summed E-state index contributed by atoms with van der Waals surface area (Å²) < 4.78 is 10.9. The lowest BCUT2D eigenvalue weighted by atomic mass is 9.94. The summed E-state index contributed by atoms with van der Waals surface area (Å²) >= 11 is 0. The van der Waals surface area contributed by atoms with Gasteiger partial charge in [-0.05, 0) is 24.0 Å². The zero-order valence-electron chi connectivity index (χ0n) is 16.6. The molecule has 0 atom stereocenters. The maximum absolute atomic E-state index is 13.0. The van der Waals surface area contributed by atoms with Gasteiger partial charge >= 0.3 is 11.9 Å². The minimum Gasteiger partial charge on any atom is -0.462 e. The zero-order chi connectivity index (χ0) is 20.2. The molecule has 0 spiro atoms. The topological polar surface area (TPSA) is 52.6 Å². The Morgan fingerprint density at radius 1 is 0.643 bits per heavy atom. The summed E-state index contributed by atoms with van der Waals surface area (Å²) in [5.74, 6) is -1.02. The number of rotatable bonds is 10. The van der Waals surface area contributed by atoms with E-state index in [1.54, 1.807) is 24.3 Å². The number of ether oxygens (including phenoxy) is 2. The molecule has 148 valence electrons. The zero-order valence-corrected chi connectivity index (χ0v) is 16.6. The van der Waals surface area contributed by atoms with E-state index in [4.69, 9.17) is 9.47 Å². The molecule has 28 heavy (non-hydrogen) atoms. The first-order valence-electron chi connectivity index (χ1n) is 9.88. The molecule has 0 aliphatic heterocycles. The van der Waals surface area contributed by atoms with Gasteiger partial charge in [0.25, 0.3) is 0 Å². The summed E-state index contributed by atoms with van der Waals surface area (Å²) in [6, 6.07) is 18.3. The predicted octanol–water partition coefficient (Wildman–Crippen LogP) is 5.28. The minimum atomic E-state index is -0.508. The van der Waals surface area contributed by atoms with E-state index in [2.05, 4.69) is 0 Å². The lowest BCUT2D eigenvalue weighted by Crippen LogP contribution is -2.16. The molecule has 2 aromatic rings. The maximum atomic E-state index is 13.0. The van der Waals surface area contributed by atoms with Gasteiger partial charge in [0.2, 0.25) is 0 Å². The monoisotopic (exact) mass is 380 g/mol. The van der Waals surface area contributed by atoms with Crippen molar-refractivity contribution < 1.29 is 19.1 Å². The van der Waals surface area contributed by atoms with Gasteiger partial charge in [-0.2, -0.15) is 0 Å². The van der Waals surface area contributed by atoms with E-state index in [-0.39, 0.29) is 11.1 Å². The number of carbonyl (C=O) groups is 2. The lowest BCUT2D eigenvalue weighted by molar-refractivity contribution is -0.139. The SMILES string of the molecule is CCCCOC(=O)/C(=C(\C(=O)OCCCC)c1ccccc1)c1ccccc1. The van der Waals surface area contributed by atoms with Gasteiger partial charge < -0.3 is 9.47 Å². The van der Waals surface area contributed by atoms with E-state index in [0.29, 0.717) is 24.3 Å². The van der Waals surface area contributed by atoms with Crippen LogP contribution in [0.1, 0.15) is 50.7 Å². The molecule has 4 nitrogen and oxygen atoms in total. The smallest absolute Gasteiger partial charge is 0.339 e. The molecule has 0 amide bonds. The first-order valence-corrected chi connectivity index (χ1v) is 9.88. The van der Waals surface area contributed by atoms with Crippen molar-refractivity contribution in [1.82, 2.24) is 0 Å². The average molecular weight is 380 g/mol. The normalized spacial score (nSPS) is 11.5. The quantitative estimate of drug-likeness (QED) is 0.243. The predicted molar refractivity (Wildman–Crippen MR) is 111 cm³/mol. The Labute approximate surface area is 167 Å². The van der Waals surface area contributed by atoms with Crippen LogP contribution in [0.4, 0.5) is 0 Å². The Balaban J connectivity index is 2.55. The molecule has 0 aliphatic carbocycles. The Morgan fingerprint density at radius 2 is 1.00 bits per heavy atom. The van der Waals surface area contributed by atoms with Crippen LogP contribution in [-0.2, 0) is 19.1 Å². The molecule has 2 aromatic carbocycles. The summed E-state index contributed by atoms with van der Waals surface area (Å²) in [5, 5.41) is 0. The van der Waals surface area contributed by atoms with Crippen molar-refractivity contribution in [2.45, 2.75) is 39.5 Å². The summed E-state index contributed by atoms with van der Waals surface area (Å²) in [5.41, 5.74) is 1.75. The molecule has 2 rings (SSSR count). The molecule has 0 saturated heterocycles. The van der Waals surface area contributed by atoms with Crippen LogP contribution >= 0.6 is 0 Å². The van der Waals surface area contributed by atoms with Gasteiger partial charge in [0, 0.05) is 0 Å². The number of carbonyl (C=O) groups excluding carboxylic acids is 2. The highest BCUT2D eigenvalue weighted by atomic mass is 16.5. The minimum absolute atomic E-state index is 0.240. The van der Waals surface area contributed by atoms with Crippen molar-refractivity contribution in [3.05, 3.63) is 71.8 Å². The van der Waals surface area contributed by atoms with E-state index in [0.717, 1.165) is 25.7 Å². The van der Waals surface area contributed by atoms with Crippen LogP contribution in [0.15, 0.2) is 60.7 Å². The molecule has 4 heteroatoms. The summed E-state index contributed by atoms with van der Waals surface area (Å²) in [6.45, 7) is 4.70. The third kappa shape index (κ3) is 6.08. The van der Waals surface area contributed by atoms with E-state index in [9.17, 15) is 9.59 Å². The van der Waals surface area contributed by atoms with Crippen LogP contribution in [0.3, 0.4) is 0 Å². The second-order valence-electron chi connectivity index (χ2n) is 6.46. The van der Waals surface area contributed by atoms with Crippen molar-refractivity contribution in [2.24, 2.45) is 0 Å². The van der Waals surface area contributed by atoms with Gasteiger partial charge in [-0.1, -0.05) is 87.4 Å². The van der Waals surface area contributed by atoms with Crippen molar-refractivity contribution >= 4 is 23.1 Å². The summed E-state index contributed by atoms with van der Waals surface area (Å²) in [4.78, 5) is 26.0. The van der Waals surface area contributed by atoms with Gasteiger partial charge in [0.05, 0.1) is 24.4 Å². The average Bonchev–Trinajstić information content (AvgIpc) is 2.73. The molecule has 0 aromatic heterocycles. The largest absolute Gasteiger partial charge is 0.462 e. The Bertz CT molecular complexity index is 711. The van der Waals surface area contributed by atoms with Crippen LogP contribution < -0.4 is 0 Å². The number of hydrogen-bond acceptors (Lipinski definition) is 4. The molecular formula is C24H28O4. The fourth-order valence-corrected chi connectivity index (χ4v) is 2.70. The van der Waals surface area contributed by atoms with Gasteiger partial charge in [0.1, 0.15) is 0 Å². The molecule has 0 saturated carbocycles. The first-order chi connectivity index (χ1) is 13.7.